The first-order valence-electron chi connectivity index (χ1n) is 8.11. The lowest BCUT2D eigenvalue weighted by Gasteiger charge is -2.32. The van der Waals surface area contributed by atoms with Gasteiger partial charge < -0.3 is 10.1 Å². The van der Waals surface area contributed by atoms with Crippen LogP contribution in [0.5, 0.6) is 0 Å². The van der Waals surface area contributed by atoms with E-state index in [0.29, 0.717) is 18.1 Å². The summed E-state index contributed by atoms with van der Waals surface area (Å²) < 4.78 is 5.79. The third-order valence-corrected chi connectivity index (χ3v) is 5.16. The van der Waals surface area contributed by atoms with Crippen LogP contribution in [0, 0.1) is 5.92 Å². The van der Waals surface area contributed by atoms with Crippen molar-refractivity contribution < 1.29 is 4.74 Å². The van der Waals surface area contributed by atoms with Crippen molar-refractivity contribution >= 4 is 0 Å². The van der Waals surface area contributed by atoms with E-state index in [-0.39, 0.29) is 0 Å². The topological polar surface area (TPSA) is 21.3 Å². The van der Waals surface area contributed by atoms with Crippen LogP contribution in [0.2, 0.25) is 0 Å². The summed E-state index contributed by atoms with van der Waals surface area (Å²) in [6.45, 7) is 0. The summed E-state index contributed by atoms with van der Waals surface area (Å²) >= 11 is 0. The number of benzene rings is 1. The summed E-state index contributed by atoms with van der Waals surface area (Å²) in [5.74, 6) is 1.49. The van der Waals surface area contributed by atoms with Gasteiger partial charge in [-0.2, -0.15) is 0 Å². The molecule has 3 unspecified atom stereocenters. The molecule has 2 heteroatoms. The van der Waals surface area contributed by atoms with Crippen molar-refractivity contribution in [2.24, 2.45) is 5.92 Å². The minimum atomic E-state index is 0.397. The van der Waals surface area contributed by atoms with Gasteiger partial charge in [0.2, 0.25) is 0 Å². The zero-order valence-corrected chi connectivity index (χ0v) is 12.8. The third kappa shape index (κ3) is 2.91. The molecule has 0 spiro atoms. The molecule has 2 aliphatic rings. The van der Waals surface area contributed by atoms with Crippen molar-refractivity contribution in [1.29, 1.82) is 0 Å². The highest BCUT2D eigenvalue weighted by Crippen LogP contribution is 2.40. The van der Waals surface area contributed by atoms with Crippen molar-refractivity contribution in [1.82, 2.24) is 5.32 Å². The van der Waals surface area contributed by atoms with Gasteiger partial charge in [0, 0.05) is 13.2 Å². The Balaban J connectivity index is 1.73. The molecule has 1 saturated carbocycles. The van der Waals surface area contributed by atoms with Gasteiger partial charge in [-0.1, -0.05) is 24.3 Å². The first kappa shape index (κ1) is 14.1. The highest BCUT2D eigenvalue weighted by molar-refractivity contribution is 5.32. The number of rotatable bonds is 6. The average molecular weight is 273 g/mol. The maximum atomic E-state index is 5.79. The molecule has 3 atom stereocenters. The Morgan fingerprint density at radius 2 is 2.05 bits per heavy atom. The van der Waals surface area contributed by atoms with Crippen LogP contribution in [0.4, 0.5) is 0 Å². The van der Waals surface area contributed by atoms with Crippen LogP contribution in [0.1, 0.15) is 49.1 Å². The maximum Gasteiger partial charge on any atom is 0.0752 e. The van der Waals surface area contributed by atoms with Gasteiger partial charge in [-0.15, -0.1) is 0 Å². The molecule has 0 radical (unpaired) electrons. The van der Waals surface area contributed by atoms with Crippen LogP contribution in [0.3, 0.4) is 0 Å². The minimum Gasteiger partial charge on any atom is -0.380 e. The summed E-state index contributed by atoms with van der Waals surface area (Å²) in [4.78, 5) is 0. The van der Waals surface area contributed by atoms with Gasteiger partial charge in [0.1, 0.15) is 0 Å². The summed E-state index contributed by atoms with van der Waals surface area (Å²) in [5.41, 5.74) is 3.16. The van der Waals surface area contributed by atoms with Gasteiger partial charge >= 0.3 is 0 Å². The zero-order chi connectivity index (χ0) is 13.9. The van der Waals surface area contributed by atoms with E-state index >= 15 is 0 Å². The normalized spacial score (nSPS) is 25.0. The van der Waals surface area contributed by atoms with E-state index < -0.39 is 0 Å². The summed E-state index contributed by atoms with van der Waals surface area (Å²) in [6.07, 6.45) is 8.22. The molecule has 20 heavy (non-hydrogen) atoms. The number of nitrogens with one attached hydrogen (secondary N) is 1. The van der Waals surface area contributed by atoms with Crippen molar-refractivity contribution in [2.45, 2.75) is 56.6 Å². The van der Waals surface area contributed by atoms with Gasteiger partial charge in [0.05, 0.1) is 6.10 Å². The number of ether oxygens (including phenoxy) is 1. The van der Waals surface area contributed by atoms with Crippen molar-refractivity contribution in [2.75, 3.05) is 14.2 Å². The fourth-order valence-corrected chi connectivity index (χ4v) is 3.93. The molecule has 0 amide bonds. The Bertz CT molecular complexity index is 441. The van der Waals surface area contributed by atoms with E-state index in [1.54, 1.807) is 11.1 Å². The van der Waals surface area contributed by atoms with E-state index in [4.69, 9.17) is 4.74 Å². The first-order valence-corrected chi connectivity index (χ1v) is 8.11. The predicted octanol–water partition coefficient (Wildman–Crippen LogP) is 3.51. The Labute approximate surface area is 122 Å². The molecule has 1 aromatic carbocycles. The second-order valence-corrected chi connectivity index (χ2v) is 6.46. The molecular weight excluding hydrogens is 246 g/mol. The van der Waals surface area contributed by atoms with E-state index in [0.717, 1.165) is 5.92 Å². The Hall–Kier alpha value is -0.860. The molecule has 2 aliphatic carbocycles. The van der Waals surface area contributed by atoms with Crippen LogP contribution >= 0.6 is 0 Å². The number of fused-ring (bicyclic) bond motifs is 1. The van der Waals surface area contributed by atoms with E-state index in [2.05, 4.69) is 36.6 Å². The first-order chi connectivity index (χ1) is 9.83. The number of methoxy groups -OCH3 is 1. The van der Waals surface area contributed by atoms with Crippen LogP contribution in [0.25, 0.3) is 0 Å². The Morgan fingerprint density at radius 3 is 2.75 bits per heavy atom. The smallest absolute Gasteiger partial charge is 0.0752 e. The van der Waals surface area contributed by atoms with E-state index in [9.17, 15) is 0 Å². The molecule has 1 aromatic rings. The average Bonchev–Trinajstić information content (AvgIpc) is 3.32. The predicted molar refractivity (Wildman–Crippen MR) is 83.1 cm³/mol. The lowest BCUT2D eigenvalue weighted by molar-refractivity contribution is 0.0479. The SMILES string of the molecule is CNC(CC1CCCc2ccccc21)C(OC)C1CC1. The van der Waals surface area contributed by atoms with Gasteiger partial charge in [0.15, 0.2) is 0 Å². The summed E-state index contributed by atoms with van der Waals surface area (Å²) in [5, 5.41) is 3.53. The molecule has 0 saturated heterocycles. The second-order valence-electron chi connectivity index (χ2n) is 6.46. The quantitative estimate of drug-likeness (QED) is 0.856. The molecule has 1 N–H and O–H groups in total. The summed E-state index contributed by atoms with van der Waals surface area (Å²) in [7, 11) is 3.97. The highest BCUT2D eigenvalue weighted by atomic mass is 16.5. The molecule has 2 nitrogen and oxygen atoms in total. The van der Waals surface area contributed by atoms with Crippen LogP contribution < -0.4 is 5.32 Å². The molecule has 3 rings (SSSR count). The Kier molecular flexibility index (Phi) is 4.42. The minimum absolute atomic E-state index is 0.397. The molecule has 0 heterocycles. The van der Waals surface area contributed by atoms with Crippen molar-refractivity contribution in [3.05, 3.63) is 35.4 Å². The molecule has 1 fully saturated rings. The summed E-state index contributed by atoms with van der Waals surface area (Å²) in [6, 6.07) is 9.51. The number of aryl methyl sites for hydroxylation is 1. The lowest BCUT2D eigenvalue weighted by atomic mass is 9.78. The van der Waals surface area contributed by atoms with Crippen molar-refractivity contribution in [3.8, 4) is 0 Å². The van der Waals surface area contributed by atoms with Crippen LogP contribution in [-0.2, 0) is 11.2 Å². The van der Waals surface area contributed by atoms with Crippen molar-refractivity contribution in [3.63, 3.8) is 0 Å². The number of hydrogen-bond donors (Lipinski definition) is 1. The fourth-order valence-electron chi connectivity index (χ4n) is 3.93. The maximum absolute atomic E-state index is 5.79. The van der Waals surface area contributed by atoms with Gasteiger partial charge in [-0.05, 0) is 68.5 Å². The fraction of sp³-hybridized carbons (Fsp3) is 0.667. The van der Waals surface area contributed by atoms with Gasteiger partial charge in [0.25, 0.3) is 0 Å². The molecule has 0 bridgehead atoms. The highest BCUT2D eigenvalue weighted by Gasteiger charge is 2.37. The molecule has 0 aliphatic heterocycles. The van der Waals surface area contributed by atoms with E-state index in [1.807, 2.05) is 7.11 Å². The van der Waals surface area contributed by atoms with Crippen LogP contribution in [-0.4, -0.2) is 26.3 Å². The standard InChI is InChI=1S/C18H27NO/c1-19-17(18(20-2)14-10-11-14)12-15-8-5-7-13-6-3-4-9-16(13)15/h3-4,6,9,14-15,17-19H,5,7-8,10-12H2,1-2H3. The molecule has 110 valence electrons. The zero-order valence-electron chi connectivity index (χ0n) is 12.8. The van der Waals surface area contributed by atoms with Gasteiger partial charge in [-0.3, -0.25) is 0 Å². The largest absolute Gasteiger partial charge is 0.380 e. The van der Waals surface area contributed by atoms with Gasteiger partial charge in [-0.25, -0.2) is 0 Å². The number of likely N-dealkylation sites (N-methyl/N-ethyl adjacent to an activating group) is 1. The van der Waals surface area contributed by atoms with E-state index in [1.165, 1.54) is 38.5 Å². The second kappa shape index (κ2) is 6.28. The monoisotopic (exact) mass is 273 g/mol. The van der Waals surface area contributed by atoms with Crippen LogP contribution in [0.15, 0.2) is 24.3 Å². The Morgan fingerprint density at radius 1 is 1.25 bits per heavy atom. The lowest BCUT2D eigenvalue weighted by Crippen LogP contribution is -2.41. The molecule has 0 aromatic heterocycles. The number of hydrogen-bond acceptors (Lipinski definition) is 2. The third-order valence-electron chi connectivity index (χ3n) is 5.16. The molecular formula is C18H27NO.